The lowest BCUT2D eigenvalue weighted by Gasteiger charge is -2.18. The Balaban J connectivity index is 2.08. The monoisotopic (exact) mass is 348 g/mol. The molecule has 1 aliphatic rings. The van der Waals surface area contributed by atoms with Crippen molar-refractivity contribution in [3.05, 3.63) is 47.2 Å². The van der Waals surface area contributed by atoms with Crippen LogP contribution in [0, 0.1) is 0 Å². The third-order valence-electron chi connectivity index (χ3n) is 3.39. The third kappa shape index (κ3) is 4.57. The first-order chi connectivity index (χ1) is 11.8. The van der Waals surface area contributed by atoms with Crippen LogP contribution < -0.4 is 5.32 Å². The molecule has 1 N–H and O–H groups in total. The van der Waals surface area contributed by atoms with Gasteiger partial charge in [0.15, 0.2) is 0 Å². The van der Waals surface area contributed by atoms with Crippen molar-refractivity contribution in [3.63, 3.8) is 0 Å². The molecule has 2 rings (SSSR count). The van der Waals surface area contributed by atoms with E-state index in [-0.39, 0.29) is 18.2 Å². The van der Waals surface area contributed by atoms with Crippen molar-refractivity contribution in [3.8, 4) is 0 Å². The third-order valence-corrected chi connectivity index (χ3v) is 3.39. The van der Waals surface area contributed by atoms with Crippen LogP contribution in [0.1, 0.15) is 29.8 Å². The second-order valence-corrected chi connectivity index (χ2v) is 5.73. The molecule has 1 aliphatic heterocycles. The second kappa shape index (κ2) is 7.35. The van der Waals surface area contributed by atoms with Crippen molar-refractivity contribution in [2.24, 2.45) is 0 Å². The number of carbonyl (C=O) groups excluding carboxylic acids is 3. The predicted octanol–water partition coefficient (Wildman–Crippen LogP) is 1.13. The summed E-state index contributed by atoms with van der Waals surface area (Å²) in [7, 11) is 2.89. The summed E-state index contributed by atoms with van der Waals surface area (Å²) >= 11 is 0. The Kier molecular flexibility index (Phi) is 5.43. The van der Waals surface area contributed by atoms with Gasteiger partial charge in [-0.15, -0.1) is 0 Å². The molecule has 134 valence electrons. The highest BCUT2D eigenvalue weighted by Gasteiger charge is 2.38. The topological polar surface area (TPSA) is 94.2 Å². The number of esters is 1. The maximum atomic E-state index is 12.3. The van der Waals surface area contributed by atoms with Crippen LogP contribution in [0.4, 0.5) is 0 Å². The van der Waals surface area contributed by atoms with E-state index in [0.29, 0.717) is 5.56 Å². The minimum absolute atomic E-state index is 0.131. The van der Waals surface area contributed by atoms with Crippen LogP contribution in [0.25, 0.3) is 0 Å². The van der Waals surface area contributed by atoms with E-state index in [1.807, 2.05) is 0 Å². The summed E-state index contributed by atoms with van der Waals surface area (Å²) in [5.74, 6) is -2.74. The van der Waals surface area contributed by atoms with Crippen molar-refractivity contribution in [1.29, 1.82) is 0 Å². The fourth-order valence-electron chi connectivity index (χ4n) is 2.18. The fourth-order valence-corrected chi connectivity index (χ4v) is 2.18. The number of hydrogen-bond donors (Lipinski definition) is 1. The summed E-state index contributed by atoms with van der Waals surface area (Å²) in [6.45, 7) is 3.27. The number of amides is 2. The SMILES string of the molecule is CNC(=O)c1ccc(CN(OC)C(=O)C=C2OC(C)(C)OC2=O)cc1. The number of benzene rings is 1. The summed E-state index contributed by atoms with van der Waals surface area (Å²) in [6.07, 6.45) is 1.03. The van der Waals surface area contributed by atoms with Gasteiger partial charge in [-0.2, -0.15) is 0 Å². The van der Waals surface area contributed by atoms with Gasteiger partial charge >= 0.3 is 5.97 Å². The number of hydroxylamine groups is 2. The first kappa shape index (κ1) is 18.5. The van der Waals surface area contributed by atoms with E-state index in [9.17, 15) is 14.4 Å². The van der Waals surface area contributed by atoms with E-state index >= 15 is 0 Å². The molecule has 0 aliphatic carbocycles. The molecule has 0 saturated carbocycles. The lowest BCUT2D eigenvalue weighted by Crippen LogP contribution is -2.28. The maximum absolute atomic E-state index is 12.3. The van der Waals surface area contributed by atoms with Crippen molar-refractivity contribution in [1.82, 2.24) is 10.4 Å². The molecule has 1 aromatic carbocycles. The molecule has 0 radical (unpaired) electrons. The Morgan fingerprint density at radius 2 is 1.88 bits per heavy atom. The van der Waals surface area contributed by atoms with Crippen molar-refractivity contribution >= 4 is 17.8 Å². The van der Waals surface area contributed by atoms with Crippen molar-refractivity contribution in [2.45, 2.75) is 26.2 Å². The van der Waals surface area contributed by atoms with Crippen LogP contribution in [0.3, 0.4) is 0 Å². The Morgan fingerprint density at radius 1 is 1.24 bits per heavy atom. The minimum Gasteiger partial charge on any atom is -0.445 e. The molecule has 8 heteroatoms. The van der Waals surface area contributed by atoms with Gasteiger partial charge in [0.05, 0.1) is 19.7 Å². The van der Waals surface area contributed by atoms with Gasteiger partial charge in [0.25, 0.3) is 11.8 Å². The largest absolute Gasteiger partial charge is 0.445 e. The zero-order chi connectivity index (χ0) is 18.6. The summed E-state index contributed by atoms with van der Waals surface area (Å²) in [4.78, 5) is 40.5. The Hall–Kier alpha value is -2.87. The van der Waals surface area contributed by atoms with Gasteiger partial charge in [-0.3, -0.25) is 14.4 Å². The molecule has 8 nitrogen and oxygen atoms in total. The van der Waals surface area contributed by atoms with Gasteiger partial charge < -0.3 is 14.8 Å². The first-order valence-corrected chi connectivity index (χ1v) is 7.56. The second-order valence-electron chi connectivity index (χ2n) is 5.73. The minimum atomic E-state index is -1.10. The van der Waals surface area contributed by atoms with E-state index in [1.165, 1.54) is 7.11 Å². The molecule has 2 amide bonds. The standard InChI is InChI=1S/C17H20N2O6/c1-17(2)24-13(16(22)25-17)9-14(20)19(23-4)10-11-5-7-12(8-6-11)15(21)18-3/h5-9H,10H2,1-4H3,(H,18,21). The lowest BCUT2D eigenvalue weighted by atomic mass is 10.1. The molecule has 0 atom stereocenters. The van der Waals surface area contributed by atoms with E-state index in [2.05, 4.69) is 5.32 Å². The molecule has 1 fully saturated rings. The number of rotatable bonds is 5. The van der Waals surface area contributed by atoms with Gasteiger partial charge in [-0.1, -0.05) is 12.1 Å². The van der Waals surface area contributed by atoms with E-state index in [0.717, 1.165) is 16.7 Å². The quantitative estimate of drug-likeness (QED) is 0.487. The Labute approximate surface area is 145 Å². The lowest BCUT2D eigenvalue weighted by molar-refractivity contribution is -0.173. The van der Waals surface area contributed by atoms with Gasteiger partial charge in [0.2, 0.25) is 11.5 Å². The van der Waals surface area contributed by atoms with E-state index in [4.69, 9.17) is 14.3 Å². The molecule has 0 spiro atoms. The van der Waals surface area contributed by atoms with Crippen LogP contribution >= 0.6 is 0 Å². The van der Waals surface area contributed by atoms with Gasteiger partial charge in [0.1, 0.15) is 0 Å². The Bertz CT molecular complexity index is 708. The molecule has 1 saturated heterocycles. The number of ether oxygens (including phenoxy) is 2. The van der Waals surface area contributed by atoms with Crippen LogP contribution in [-0.4, -0.2) is 42.8 Å². The maximum Gasteiger partial charge on any atom is 0.377 e. The van der Waals surface area contributed by atoms with E-state index in [1.54, 1.807) is 45.2 Å². The summed E-state index contributed by atoms with van der Waals surface area (Å²) in [5, 5.41) is 3.59. The molecular formula is C17H20N2O6. The summed E-state index contributed by atoms with van der Waals surface area (Å²) in [5.41, 5.74) is 1.25. The average molecular weight is 348 g/mol. The van der Waals surface area contributed by atoms with E-state index < -0.39 is 17.7 Å². The zero-order valence-corrected chi connectivity index (χ0v) is 14.5. The fraction of sp³-hybridized carbons (Fsp3) is 0.353. The first-order valence-electron chi connectivity index (χ1n) is 7.56. The molecule has 1 heterocycles. The number of nitrogens with zero attached hydrogens (tertiary/aromatic N) is 1. The van der Waals surface area contributed by atoms with Crippen LogP contribution in [0.2, 0.25) is 0 Å². The summed E-state index contributed by atoms with van der Waals surface area (Å²) in [6, 6.07) is 6.71. The van der Waals surface area contributed by atoms with Gasteiger partial charge in [-0.05, 0) is 17.7 Å². The predicted molar refractivity (Wildman–Crippen MR) is 86.7 cm³/mol. The molecule has 1 aromatic rings. The van der Waals surface area contributed by atoms with Gasteiger partial charge in [-0.25, -0.2) is 9.86 Å². The average Bonchev–Trinajstić information content (AvgIpc) is 2.83. The highest BCUT2D eigenvalue weighted by Crippen LogP contribution is 2.26. The zero-order valence-electron chi connectivity index (χ0n) is 14.5. The molecule has 0 bridgehead atoms. The highest BCUT2D eigenvalue weighted by molar-refractivity contribution is 5.97. The van der Waals surface area contributed by atoms with Crippen LogP contribution in [0.15, 0.2) is 36.1 Å². The Morgan fingerprint density at radius 3 is 2.36 bits per heavy atom. The van der Waals surface area contributed by atoms with Gasteiger partial charge in [0, 0.05) is 26.5 Å². The van der Waals surface area contributed by atoms with Crippen molar-refractivity contribution in [2.75, 3.05) is 14.2 Å². The molecule has 0 aromatic heterocycles. The smallest absolute Gasteiger partial charge is 0.377 e. The number of hydrogen-bond acceptors (Lipinski definition) is 6. The van der Waals surface area contributed by atoms with Crippen LogP contribution in [-0.2, 0) is 30.4 Å². The molecule has 0 unspecified atom stereocenters. The normalized spacial score (nSPS) is 17.0. The van der Waals surface area contributed by atoms with Crippen molar-refractivity contribution < 1.29 is 28.7 Å². The molecular weight excluding hydrogens is 328 g/mol. The number of cyclic esters (lactones) is 1. The number of carbonyl (C=O) groups is 3. The number of nitrogens with one attached hydrogen (secondary N) is 1. The molecule has 25 heavy (non-hydrogen) atoms. The van der Waals surface area contributed by atoms with Crippen LogP contribution in [0.5, 0.6) is 0 Å². The summed E-state index contributed by atoms with van der Waals surface area (Å²) < 4.78 is 10.2. The highest BCUT2D eigenvalue weighted by atomic mass is 16.8.